The van der Waals surface area contributed by atoms with Gasteiger partial charge in [0.15, 0.2) is 5.69 Å². The Hall–Kier alpha value is -2.77. The minimum Gasteiger partial charge on any atom is -0.476 e. The summed E-state index contributed by atoms with van der Waals surface area (Å²) >= 11 is 0. The average Bonchev–Trinajstić information content (AvgIpc) is 2.85. The van der Waals surface area contributed by atoms with Gasteiger partial charge in [-0.3, -0.25) is 9.48 Å². The van der Waals surface area contributed by atoms with Crippen molar-refractivity contribution in [2.45, 2.75) is 13.0 Å². The molecular formula is C12H11FN4O3. The largest absolute Gasteiger partial charge is 0.476 e. The van der Waals surface area contributed by atoms with E-state index in [0.29, 0.717) is 5.69 Å². The first-order valence-corrected chi connectivity index (χ1v) is 5.73. The molecule has 0 aliphatic heterocycles. The lowest BCUT2D eigenvalue weighted by Crippen LogP contribution is -2.14. The first kappa shape index (κ1) is 13.7. The number of rotatable bonds is 5. The van der Waals surface area contributed by atoms with Crippen molar-refractivity contribution in [1.82, 2.24) is 15.0 Å². The van der Waals surface area contributed by atoms with Crippen LogP contribution < -0.4 is 5.32 Å². The van der Waals surface area contributed by atoms with Gasteiger partial charge in [-0.25, -0.2) is 9.18 Å². The van der Waals surface area contributed by atoms with Crippen molar-refractivity contribution in [2.75, 3.05) is 5.32 Å². The highest BCUT2D eigenvalue weighted by Crippen LogP contribution is 2.09. The Labute approximate surface area is 113 Å². The number of hydrogen-bond donors (Lipinski definition) is 2. The number of amides is 1. The number of aryl methyl sites for hydroxylation is 1. The van der Waals surface area contributed by atoms with Gasteiger partial charge in [0.2, 0.25) is 5.91 Å². The zero-order chi connectivity index (χ0) is 14.5. The number of hydrogen-bond acceptors (Lipinski definition) is 4. The SMILES string of the molecule is O=C(CCn1cc(C(=O)O)nn1)Nc1cccc(F)c1. The normalized spacial score (nSPS) is 10.2. The summed E-state index contributed by atoms with van der Waals surface area (Å²) in [6, 6.07) is 5.54. The average molecular weight is 278 g/mol. The van der Waals surface area contributed by atoms with Crippen LogP contribution in [-0.2, 0) is 11.3 Å². The molecule has 0 spiro atoms. The van der Waals surface area contributed by atoms with Gasteiger partial charge in [-0.15, -0.1) is 5.10 Å². The van der Waals surface area contributed by atoms with E-state index in [1.807, 2.05) is 0 Å². The van der Waals surface area contributed by atoms with Crippen LogP contribution in [0.5, 0.6) is 0 Å². The Bertz CT molecular complexity index is 641. The van der Waals surface area contributed by atoms with Gasteiger partial charge in [0.25, 0.3) is 0 Å². The third kappa shape index (κ3) is 3.61. The van der Waals surface area contributed by atoms with Gasteiger partial charge in [-0.05, 0) is 18.2 Å². The first-order valence-electron chi connectivity index (χ1n) is 5.73. The third-order valence-corrected chi connectivity index (χ3v) is 2.43. The summed E-state index contributed by atoms with van der Waals surface area (Å²) in [6.07, 6.45) is 1.30. The number of carbonyl (C=O) groups is 2. The highest BCUT2D eigenvalue weighted by molar-refractivity contribution is 5.90. The van der Waals surface area contributed by atoms with Gasteiger partial charge >= 0.3 is 5.97 Å². The number of carboxylic acid groups (broad SMARTS) is 1. The standard InChI is InChI=1S/C12H11FN4O3/c13-8-2-1-3-9(6-8)14-11(18)4-5-17-7-10(12(19)20)15-16-17/h1-3,6-7H,4-5H2,(H,14,18)(H,19,20). The zero-order valence-corrected chi connectivity index (χ0v) is 10.3. The van der Waals surface area contributed by atoms with Crippen molar-refractivity contribution >= 4 is 17.6 Å². The van der Waals surface area contributed by atoms with Crippen LogP contribution in [0.15, 0.2) is 30.5 Å². The fourth-order valence-corrected chi connectivity index (χ4v) is 1.51. The summed E-state index contributed by atoms with van der Waals surface area (Å²) in [5, 5.41) is 18.2. The van der Waals surface area contributed by atoms with Crippen LogP contribution in [0.4, 0.5) is 10.1 Å². The van der Waals surface area contributed by atoms with Crippen LogP contribution >= 0.6 is 0 Å². The number of halogens is 1. The summed E-state index contributed by atoms with van der Waals surface area (Å²) in [4.78, 5) is 22.2. The molecule has 0 saturated carbocycles. The molecule has 2 aromatic rings. The molecule has 0 saturated heterocycles. The molecule has 1 amide bonds. The quantitative estimate of drug-likeness (QED) is 0.854. The van der Waals surface area contributed by atoms with Crippen LogP contribution in [0, 0.1) is 5.82 Å². The van der Waals surface area contributed by atoms with E-state index < -0.39 is 11.8 Å². The zero-order valence-electron chi connectivity index (χ0n) is 10.3. The molecule has 0 aliphatic rings. The molecule has 0 unspecified atom stereocenters. The molecule has 1 aromatic carbocycles. The van der Waals surface area contributed by atoms with Crippen LogP contribution in [0.1, 0.15) is 16.9 Å². The fraction of sp³-hybridized carbons (Fsp3) is 0.167. The molecule has 1 heterocycles. The maximum atomic E-state index is 12.9. The van der Waals surface area contributed by atoms with Crippen LogP contribution in [0.3, 0.4) is 0 Å². The van der Waals surface area contributed by atoms with Crippen LogP contribution in [-0.4, -0.2) is 32.0 Å². The fourth-order valence-electron chi connectivity index (χ4n) is 1.51. The van der Waals surface area contributed by atoms with Crippen molar-refractivity contribution in [2.24, 2.45) is 0 Å². The van der Waals surface area contributed by atoms with Crippen molar-refractivity contribution in [3.05, 3.63) is 42.0 Å². The minimum atomic E-state index is -1.18. The predicted octanol–water partition coefficient (Wildman–Crippen LogP) is 1.14. The molecule has 2 rings (SSSR count). The molecule has 0 fully saturated rings. The molecule has 8 heteroatoms. The number of carbonyl (C=O) groups excluding carboxylic acids is 1. The molecule has 7 nitrogen and oxygen atoms in total. The second-order valence-electron chi connectivity index (χ2n) is 3.98. The second kappa shape index (κ2) is 5.91. The predicted molar refractivity (Wildman–Crippen MR) is 66.6 cm³/mol. The molecule has 1 aromatic heterocycles. The number of aromatic carboxylic acids is 1. The maximum Gasteiger partial charge on any atom is 0.358 e. The van der Waals surface area contributed by atoms with Gasteiger partial charge in [-0.2, -0.15) is 0 Å². The first-order chi connectivity index (χ1) is 9.54. The van der Waals surface area contributed by atoms with E-state index in [-0.39, 0.29) is 24.6 Å². The number of benzene rings is 1. The summed E-state index contributed by atoms with van der Waals surface area (Å²) in [6.45, 7) is 0.182. The van der Waals surface area contributed by atoms with Crippen LogP contribution in [0.2, 0.25) is 0 Å². The third-order valence-electron chi connectivity index (χ3n) is 2.43. The smallest absolute Gasteiger partial charge is 0.358 e. The van der Waals surface area contributed by atoms with Crippen molar-refractivity contribution in [3.63, 3.8) is 0 Å². The number of nitrogens with one attached hydrogen (secondary N) is 1. The number of nitrogens with zero attached hydrogens (tertiary/aromatic N) is 3. The van der Waals surface area contributed by atoms with E-state index in [2.05, 4.69) is 15.6 Å². The van der Waals surface area contributed by atoms with Crippen molar-refractivity contribution in [3.8, 4) is 0 Å². The molecule has 104 valence electrons. The van der Waals surface area contributed by atoms with E-state index in [1.54, 1.807) is 6.07 Å². The van der Waals surface area contributed by atoms with E-state index in [9.17, 15) is 14.0 Å². The molecule has 0 radical (unpaired) electrons. The van der Waals surface area contributed by atoms with E-state index in [4.69, 9.17) is 5.11 Å². The summed E-state index contributed by atoms with van der Waals surface area (Å²) in [5.74, 6) is -1.95. The number of anilines is 1. The monoisotopic (exact) mass is 278 g/mol. The van der Waals surface area contributed by atoms with Crippen molar-refractivity contribution < 1.29 is 19.1 Å². The Kier molecular flexibility index (Phi) is 4.04. The topological polar surface area (TPSA) is 97.1 Å². The van der Waals surface area contributed by atoms with Gasteiger partial charge in [0, 0.05) is 12.1 Å². The molecular weight excluding hydrogens is 267 g/mol. The van der Waals surface area contributed by atoms with E-state index in [0.717, 1.165) is 0 Å². The van der Waals surface area contributed by atoms with Crippen molar-refractivity contribution in [1.29, 1.82) is 0 Å². The maximum absolute atomic E-state index is 12.9. The van der Waals surface area contributed by atoms with Crippen LogP contribution in [0.25, 0.3) is 0 Å². The highest BCUT2D eigenvalue weighted by atomic mass is 19.1. The number of carboxylic acids is 1. The minimum absolute atomic E-state index is 0.0684. The Morgan fingerprint density at radius 3 is 2.85 bits per heavy atom. The van der Waals surface area contributed by atoms with Gasteiger partial charge in [0.1, 0.15) is 5.82 Å². The second-order valence-corrected chi connectivity index (χ2v) is 3.98. The lowest BCUT2D eigenvalue weighted by molar-refractivity contribution is -0.116. The highest BCUT2D eigenvalue weighted by Gasteiger charge is 2.09. The molecule has 2 N–H and O–H groups in total. The Morgan fingerprint density at radius 1 is 1.40 bits per heavy atom. The molecule has 0 bridgehead atoms. The van der Waals surface area contributed by atoms with Gasteiger partial charge in [0.05, 0.1) is 12.7 Å². The summed E-state index contributed by atoms with van der Waals surface area (Å²) < 4.78 is 14.2. The van der Waals surface area contributed by atoms with Gasteiger partial charge in [-0.1, -0.05) is 11.3 Å². The van der Waals surface area contributed by atoms with E-state index in [1.165, 1.54) is 29.1 Å². The lowest BCUT2D eigenvalue weighted by Gasteiger charge is -2.04. The lowest BCUT2D eigenvalue weighted by atomic mass is 10.3. The molecule has 0 aliphatic carbocycles. The van der Waals surface area contributed by atoms with Gasteiger partial charge < -0.3 is 10.4 Å². The molecule has 20 heavy (non-hydrogen) atoms. The molecule has 0 atom stereocenters. The summed E-state index contributed by atoms with van der Waals surface area (Å²) in [5.41, 5.74) is 0.176. The van der Waals surface area contributed by atoms with E-state index >= 15 is 0 Å². The Morgan fingerprint density at radius 2 is 2.20 bits per heavy atom. The number of aromatic nitrogens is 3. The Balaban J connectivity index is 1.87. The summed E-state index contributed by atoms with van der Waals surface area (Å²) in [7, 11) is 0.